The van der Waals surface area contributed by atoms with E-state index in [4.69, 9.17) is 13.8 Å². The van der Waals surface area contributed by atoms with Gasteiger partial charge in [0.2, 0.25) is 11.6 Å². The number of benzene rings is 2. The summed E-state index contributed by atoms with van der Waals surface area (Å²) in [4.78, 5) is 28.1. The maximum absolute atomic E-state index is 13.9. The van der Waals surface area contributed by atoms with Crippen LogP contribution < -0.4 is 5.32 Å². The fourth-order valence-electron chi connectivity index (χ4n) is 3.67. The monoisotopic (exact) mass is 558 g/mol. The number of carbonyl (C=O) groups excluding carboxylic acids is 2. The molecular weight excluding hydrogens is 533 g/mol. The Morgan fingerprint density at radius 1 is 0.975 bits per heavy atom. The third kappa shape index (κ3) is 6.72. The highest BCUT2D eigenvalue weighted by Crippen LogP contribution is 2.43. The summed E-state index contributed by atoms with van der Waals surface area (Å²) in [7, 11) is 0. The summed E-state index contributed by atoms with van der Waals surface area (Å²) in [6.45, 7) is 5.15. The van der Waals surface area contributed by atoms with Crippen LogP contribution in [0.2, 0.25) is 0 Å². The summed E-state index contributed by atoms with van der Waals surface area (Å²) in [5, 5.41) is 20.1. The van der Waals surface area contributed by atoms with Crippen molar-refractivity contribution < 1.29 is 41.6 Å². The maximum Gasteiger partial charge on any atom is 0.422 e. The first kappa shape index (κ1) is 28.5. The van der Waals surface area contributed by atoms with Crippen molar-refractivity contribution in [3.05, 3.63) is 65.7 Å². The van der Waals surface area contributed by atoms with Crippen LogP contribution in [0.15, 0.2) is 63.6 Å². The zero-order valence-electron chi connectivity index (χ0n) is 21.7. The van der Waals surface area contributed by atoms with Crippen molar-refractivity contribution >= 4 is 11.9 Å². The Kier molecular flexibility index (Phi) is 8.05. The summed E-state index contributed by atoms with van der Waals surface area (Å²) >= 11 is 0. The molecular formula is C27H25F3N4O6. The molecule has 10 nitrogen and oxygen atoms in total. The molecule has 1 atom stereocenters. The second-order valence-electron chi connectivity index (χ2n) is 9.67. The van der Waals surface area contributed by atoms with E-state index in [0.717, 1.165) is 0 Å². The van der Waals surface area contributed by atoms with E-state index < -0.39 is 52.7 Å². The molecule has 2 aromatic heterocycles. The molecule has 0 aliphatic rings. The lowest BCUT2D eigenvalue weighted by molar-refractivity contribution is -0.154. The second-order valence-corrected chi connectivity index (χ2v) is 9.67. The number of aromatic nitrogens is 3. The van der Waals surface area contributed by atoms with Gasteiger partial charge in [0.1, 0.15) is 16.9 Å². The van der Waals surface area contributed by atoms with Crippen molar-refractivity contribution in [1.29, 1.82) is 0 Å². The van der Waals surface area contributed by atoms with Gasteiger partial charge in [-0.2, -0.15) is 18.2 Å². The van der Waals surface area contributed by atoms with Crippen LogP contribution in [0.4, 0.5) is 13.2 Å². The zero-order valence-corrected chi connectivity index (χ0v) is 21.7. The topological polar surface area (TPSA) is 141 Å². The van der Waals surface area contributed by atoms with E-state index in [2.05, 4.69) is 20.6 Å². The summed E-state index contributed by atoms with van der Waals surface area (Å²) in [6.07, 6.45) is -6.42. The predicted octanol–water partition coefficient (Wildman–Crippen LogP) is 4.96. The Hall–Kier alpha value is -4.52. The minimum atomic E-state index is -4.82. The lowest BCUT2D eigenvalue weighted by Crippen LogP contribution is -2.32. The molecule has 4 rings (SSSR count). The Bertz CT molecular complexity index is 1470. The first-order valence-corrected chi connectivity index (χ1v) is 12.1. The van der Waals surface area contributed by atoms with Crippen LogP contribution in [-0.4, -0.2) is 44.4 Å². The van der Waals surface area contributed by atoms with Gasteiger partial charge in [0, 0.05) is 17.7 Å². The van der Waals surface area contributed by atoms with E-state index in [1.165, 1.54) is 36.4 Å². The summed E-state index contributed by atoms with van der Waals surface area (Å²) in [6, 6.07) is 13.5. The van der Waals surface area contributed by atoms with Crippen molar-refractivity contribution in [3.63, 3.8) is 0 Å². The van der Waals surface area contributed by atoms with Crippen molar-refractivity contribution in [2.75, 3.05) is 6.54 Å². The van der Waals surface area contributed by atoms with Crippen LogP contribution in [0.1, 0.15) is 44.4 Å². The fraction of sp³-hybridized carbons (Fsp3) is 0.296. The van der Waals surface area contributed by atoms with Gasteiger partial charge in [-0.3, -0.25) is 9.59 Å². The highest BCUT2D eigenvalue weighted by molar-refractivity contribution is 5.82. The van der Waals surface area contributed by atoms with Crippen LogP contribution >= 0.6 is 0 Å². The SMILES string of the molecule is CC(C)(C)OC(=O)CCNC(=O)C(O)c1ccc(-c2noc(-c3onc(-c4ccccc4)c3C(F)(F)F)n2)cc1. The summed E-state index contributed by atoms with van der Waals surface area (Å²) in [5.41, 5.74) is -1.44. The number of hydrogen-bond donors (Lipinski definition) is 2. The molecule has 1 unspecified atom stereocenters. The van der Waals surface area contributed by atoms with Gasteiger partial charge in [0.15, 0.2) is 6.10 Å². The van der Waals surface area contributed by atoms with Crippen LogP contribution in [-0.2, 0) is 20.5 Å². The third-order valence-corrected chi connectivity index (χ3v) is 5.42. The van der Waals surface area contributed by atoms with Gasteiger partial charge in [-0.1, -0.05) is 64.9 Å². The largest absolute Gasteiger partial charge is 0.460 e. The number of hydrogen-bond acceptors (Lipinski definition) is 9. The normalized spacial score (nSPS) is 12.7. The molecule has 0 saturated carbocycles. The summed E-state index contributed by atoms with van der Waals surface area (Å²) in [5.74, 6) is -2.51. The molecule has 0 fully saturated rings. The molecule has 0 bridgehead atoms. The lowest BCUT2D eigenvalue weighted by Gasteiger charge is -2.19. The number of ether oxygens (including phenoxy) is 1. The van der Waals surface area contributed by atoms with Gasteiger partial charge in [0.25, 0.3) is 11.8 Å². The molecule has 0 spiro atoms. The van der Waals surface area contributed by atoms with Gasteiger partial charge in [-0.25, -0.2) is 0 Å². The molecule has 13 heteroatoms. The molecule has 40 heavy (non-hydrogen) atoms. The van der Waals surface area contributed by atoms with Crippen LogP contribution in [0.5, 0.6) is 0 Å². The molecule has 2 heterocycles. The van der Waals surface area contributed by atoms with Gasteiger partial charge in [-0.15, -0.1) is 0 Å². The van der Waals surface area contributed by atoms with Crippen LogP contribution in [0, 0.1) is 0 Å². The number of esters is 1. The van der Waals surface area contributed by atoms with E-state index in [1.807, 2.05) is 0 Å². The molecule has 210 valence electrons. The van der Waals surface area contributed by atoms with E-state index in [0.29, 0.717) is 5.56 Å². The van der Waals surface area contributed by atoms with Gasteiger partial charge >= 0.3 is 12.1 Å². The Labute approximate surface area is 226 Å². The van der Waals surface area contributed by atoms with Gasteiger partial charge < -0.3 is 24.2 Å². The Morgan fingerprint density at radius 2 is 1.65 bits per heavy atom. The summed E-state index contributed by atoms with van der Waals surface area (Å²) < 4.78 is 57.0. The lowest BCUT2D eigenvalue weighted by atomic mass is 10.1. The standard InChI is InChI=1S/C27H25F3N4O6/c1-26(2,3)38-18(35)13-14-31-24(37)21(36)16-9-11-17(12-10-16)23-32-25(40-34-23)22-19(27(28,29)30)20(33-39-22)15-7-5-4-6-8-15/h4-12,21,36H,13-14H2,1-3H3,(H,31,37). The van der Waals surface area contributed by atoms with Crippen LogP contribution in [0.25, 0.3) is 34.3 Å². The molecule has 2 N–H and O–H groups in total. The average molecular weight is 559 g/mol. The third-order valence-electron chi connectivity index (χ3n) is 5.42. The zero-order chi connectivity index (χ0) is 29.1. The number of rotatable bonds is 8. The second kappa shape index (κ2) is 11.3. The molecule has 4 aromatic rings. The van der Waals surface area contributed by atoms with Crippen molar-refractivity contribution in [3.8, 4) is 34.3 Å². The first-order valence-electron chi connectivity index (χ1n) is 12.1. The van der Waals surface area contributed by atoms with Crippen molar-refractivity contribution in [1.82, 2.24) is 20.6 Å². The molecule has 0 saturated heterocycles. The average Bonchev–Trinajstić information content (AvgIpc) is 3.55. The number of carbonyl (C=O) groups is 2. The molecule has 0 radical (unpaired) electrons. The molecule has 1 amide bonds. The maximum atomic E-state index is 13.9. The minimum Gasteiger partial charge on any atom is -0.460 e. The highest BCUT2D eigenvalue weighted by atomic mass is 19.4. The smallest absolute Gasteiger partial charge is 0.422 e. The van der Waals surface area contributed by atoms with Gasteiger partial charge in [-0.05, 0) is 26.3 Å². The number of aliphatic hydroxyl groups excluding tert-OH is 1. The molecule has 0 aliphatic heterocycles. The molecule has 0 aliphatic carbocycles. The highest BCUT2D eigenvalue weighted by Gasteiger charge is 2.43. The minimum absolute atomic E-state index is 0.0257. The van der Waals surface area contributed by atoms with Crippen LogP contribution in [0.3, 0.4) is 0 Å². The number of nitrogens with zero attached hydrogens (tertiary/aromatic N) is 3. The van der Waals surface area contributed by atoms with Gasteiger partial charge in [0.05, 0.1) is 6.42 Å². The number of aliphatic hydroxyl groups is 1. The van der Waals surface area contributed by atoms with E-state index in [1.54, 1.807) is 39.0 Å². The number of nitrogens with one attached hydrogen (secondary N) is 1. The fourth-order valence-corrected chi connectivity index (χ4v) is 3.67. The van der Waals surface area contributed by atoms with E-state index in [9.17, 15) is 27.9 Å². The molecule has 2 aromatic carbocycles. The predicted molar refractivity (Wildman–Crippen MR) is 134 cm³/mol. The van der Waals surface area contributed by atoms with Crippen molar-refractivity contribution in [2.24, 2.45) is 0 Å². The Balaban J connectivity index is 1.46. The Morgan fingerprint density at radius 3 is 2.27 bits per heavy atom. The number of alkyl halides is 3. The van der Waals surface area contributed by atoms with Crippen molar-refractivity contribution in [2.45, 2.75) is 45.1 Å². The number of halogens is 3. The van der Waals surface area contributed by atoms with E-state index >= 15 is 0 Å². The van der Waals surface area contributed by atoms with E-state index in [-0.39, 0.29) is 29.9 Å². The first-order chi connectivity index (χ1) is 18.8. The quantitative estimate of drug-likeness (QED) is 0.287. The number of amides is 1.